The predicted molar refractivity (Wildman–Crippen MR) is 92.7 cm³/mol. The summed E-state index contributed by atoms with van der Waals surface area (Å²) >= 11 is 1.20. The molecule has 1 aliphatic rings. The zero-order valence-electron chi connectivity index (χ0n) is 13.2. The lowest BCUT2D eigenvalue weighted by Gasteiger charge is -2.06. The van der Waals surface area contributed by atoms with Gasteiger partial charge in [-0.25, -0.2) is 4.98 Å². The first kappa shape index (κ1) is 16.4. The molecule has 1 amide bonds. The fourth-order valence-electron chi connectivity index (χ4n) is 2.61. The number of anilines is 1. The van der Waals surface area contributed by atoms with E-state index in [1.165, 1.54) is 18.7 Å². The van der Waals surface area contributed by atoms with Crippen LogP contribution in [0.2, 0.25) is 0 Å². The maximum Gasteiger partial charge on any atom is 0.254 e. The van der Waals surface area contributed by atoms with Gasteiger partial charge in [-0.05, 0) is 50.5 Å². The lowest BCUT2D eigenvalue weighted by atomic mass is 10.1. The number of benzene rings is 1. The van der Waals surface area contributed by atoms with Gasteiger partial charge in [0.05, 0.1) is 11.4 Å². The molecule has 0 saturated carbocycles. The Morgan fingerprint density at radius 3 is 2.71 bits per heavy atom. The maximum absolute atomic E-state index is 12.0. The molecule has 24 heavy (non-hydrogen) atoms. The van der Waals surface area contributed by atoms with Crippen LogP contribution in [0.3, 0.4) is 0 Å². The Kier molecular flexibility index (Phi) is 4.80. The number of nitrogens with one attached hydrogen (secondary N) is 2. The van der Waals surface area contributed by atoms with E-state index in [0.29, 0.717) is 16.4 Å². The minimum Gasteiger partial charge on any atom is -0.325 e. The van der Waals surface area contributed by atoms with Crippen molar-refractivity contribution in [2.75, 3.05) is 11.1 Å². The van der Waals surface area contributed by atoms with E-state index in [0.717, 1.165) is 30.5 Å². The molecule has 7 heteroatoms. The Morgan fingerprint density at radius 2 is 2.00 bits per heavy atom. The summed E-state index contributed by atoms with van der Waals surface area (Å²) in [6.45, 7) is 1.49. The highest BCUT2D eigenvalue weighted by molar-refractivity contribution is 7.99. The topological polar surface area (TPSA) is 91.9 Å². The van der Waals surface area contributed by atoms with Gasteiger partial charge in [-0.2, -0.15) is 0 Å². The summed E-state index contributed by atoms with van der Waals surface area (Å²) in [5.74, 6) is -0.0651. The Hall–Kier alpha value is -2.41. The largest absolute Gasteiger partial charge is 0.325 e. The Labute approximate surface area is 143 Å². The molecule has 1 heterocycles. The van der Waals surface area contributed by atoms with Crippen molar-refractivity contribution in [3.63, 3.8) is 0 Å². The number of aryl methyl sites for hydroxylation is 1. The zero-order valence-corrected chi connectivity index (χ0v) is 14.0. The SMILES string of the molecule is CC(=O)c1ccc(NC(=O)CSc2nc3c(c(=O)[nH]2)CCC3)cc1. The second kappa shape index (κ2) is 7.00. The number of hydrogen-bond acceptors (Lipinski definition) is 5. The van der Waals surface area contributed by atoms with Crippen molar-refractivity contribution in [3.05, 3.63) is 51.4 Å². The summed E-state index contributed by atoms with van der Waals surface area (Å²) < 4.78 is 0. The molecule has 3 rings (SSSR count). The van der Waals surface area contributed by atoms with Crippen molar-refractivity contribution in [1.82, 2.24) is 9.97 Å². The van der Waals surface area contributed by atoms with Crippen LogP contribution in [-0.2, 0) is 17.6 Å². The van der Waals surface area contributed by atoms with Crippen LogP contribution in [0.4, 0.5) is 5.69 Å². The number of H-pyrrole nitrogens is 1. The number of carbonyl (C=O) groups is 2. The molecule has 0 bridgehead atoms. The monoisotopic (exact) mass is 343 g/mol. The van der Waals surface area contributed by atoms with E-state index in [1.54, 1.807) is 24.3 Å². The quantitative estimate of drug-likeness (QED) is 0.493. The summed E-state index contributed by atoms with van der Waals surface area (Å²) in [4.78, 5) is 42.3. The fraction of sp³-hybridized carbons (Fsp3) is 0.294. The number of fused-ring (bicyclic) bond motifs is 1. The summed E-state index contributed by atoms with van der Waals surface area (Å²) in [5, 5.41) is 3.23. The molecule has 0 spiro atoms. The number of thioether (sulfide) groups is 1. The van der Waals surface area contributed by atoms with Crippen LogP contribution in [0.5, 0.6) is 0 Å². The normalized spacial score (nSPS) is 12.7. The molecule has 0 radical (unpaired) electrons. The van der Waals surface area contributed by atoms with Crippen LogP contribution < -0.4 is 10.9 Å². The van der Waals surface area contributed by atoms with Gasteiger partial charge in [-0.1, -0.05) is 11.8 Å². The number of aromatic amines is 1. The average Bonchev–Trinajstić information content (AvgIpc) is 3.02. The third-order valence-corrected chi connectivity index (χ3v) is 4.71. The first-order valence-corrected chi connectivity index (χ1v) is 8.67. The summed E-state index contributed by atoms with van der Waals surface area (Å²) in [6, 6.07) is 6.72. The van der Waals surface area contributed by atoms with Crippen molar-refractivity contribution in [1.29, 1.82) is 0 Å². The van der Waals surface area contributed by atoms with Crippen molar-refractivity contribution < 1.29 is 9.59 Å². The first-order chi connectivity index (χ1) is 11.5. The third-order valence-electron chi connectivity index (χ3n) is 3.83. The van der Waals surface area contributed by atoms with Crippen LogP contribution >= 0.6 is 11.8 Å². The Balaban J connectivity index is 1.59. The molecule has 1 aliphatic carbocycles. The number of aromatic nitrogens is 2. The van der Waals surface area contributed by atoms with Crippen LogP contribution in [-0.4, -0.2) is 27.4 Å². The highest BCUT2D eigenvalue weighted by Crippen LogP contribution is 2.19. The predicted octanol–water partition coefficient (Wildman–Crippen LogP) is 2.19. The van der Waals surface area contributed by atoms with Crippen LogP contribution in [0.25, 0.3) is 0 Å². The van der Waals surface area contributed by atoms with E-state index in [2.05, 4.69) is 15.3 Å². The van der Waals surface area contributed by atoms with Gasteiger partial charge in [0.25, 0.3) is 5.56 Å². The van der Waals surface area contributed by atoms with Gasteiger partial charge in [-0.15, -0.1) is 0 Å². The first-order valence-electron chi connectivity index (χ1n) is 7.68. The standard InChI is InChI=1S/C17H17N3O3S/c1-10(21)11-5-7-12(8-6-11)18-15(22)9-24-17-19-14-4-2-3-13(14)16(23)20-17/h5-8H,2-4,9H2,1H3,(H,18,22)(H,19,20,23). The lowest BCUT2D eigenvalue weighted by molar-refractivity contribution is -0.113. The molecule has 0 aliphatic heterocycles. The minimum atomic E-state index is -0.196. The Bertz CT molecular complexity index is 843. The van der Waals surface area contributed by atoms with E-state index in [4.69, 9.17) is 0 Å². The molecule has 6 nitrogen and oxygen atoms in total. The van der Waals surface area contributed by atoms with Crippen molar-refractivity contribution in [2.24, 2.45) is 0 Å². The average molecular weight is 343 g/mol. The van der Waals surface area contributed by atoms with Crippen LogP contribution in [0.15, 0.2) is 34.2 Å². The highest BCUT2D eigenvalue weighted by Gasteiger charge is 2.17. The second-order valence-corrected chi connectivity index (χ2v) is 6.58. The second-order valence-electron chi connectivity index (χ2n) is 5.62. The molecule has 0 fully saturated rings. The van der Waals surface area contributed by atoms with E-state index in [1.807, 2.05) is 0 Å². The molecule has 124 valence electrons. The number of hydrogen-bond donors (Lipinski definition) is 2. The van der Waals surface area contributed by atoms with Crippen molar-refractivity contribution in [2.45, 2.75) is 31.3 Å². The molecule has 0 saturated heterocycles. The van der Waals surface area contributed by atoms with Gasteiger partial charge in [0.2, 0.25) is 5.91 Å². The van der Waals surface area contributed by atoms with Crippen molar-refractivity contribution >= 4 is 29.1 Å². The summed E-state index contributed by atoms with van der Waals surface area (Å²) in [6.07, 6.45) is 2.55. The number of nitrogens with zero attached hydrogens (tertiary/aromatic N) is 1. The van der Waals surface area contributed by atoms with Gasteiger partial charge in [0.15, 0.2) is 10.9 Å². The summed E-state index contributed by atoms with van der Waals surface area (Å²) in [5.41, 5.74) is 2.75. The van der Waals surface area contributed by atoms with Gasteiger partial charge < -0.3 is 10.3 Å². The number of amides is 1. The maximum atomic E-state index is 12.0. The number of rotatable bonds is 5. The minimum absolute atomic E-state index is 0.0185. The van der Waals surface area contributed by atoms with E-state index < -0.39 is 0 Å². The molecule has 1 aromatic carbocycles. The molecule has 0 unspecified atom stereocenters. The smallest absolute Gasteiger partial charge is 0.254 e. The van der Waals surface area contributed by atoms with Gasteiger partial charge in [0.1, 0.15) is 0 Å². The lowest BCUT2D eigenvalue weighted by Crippen LogP contribution is -2.17. The van der Waals surface area contributed by atoms with Crippen molar-refractivity contribution in [3.8, 4) is 0 Å². The van der Waals surface area contributed by atoms with Gasteiger partial charge in [-0.3, -0.25) is 14.4 Å². The number of carbonyl (C=O) groups excluding carboxylic acids is 2. The molecule has 2 N–H and O–H groups in total. The van der Waals surface area contributed by atoms with E-state index in [-0.39, 0.29) is 23.0 Å². The fourth-order valence-corrected chi connectivity index (χ4v) is 3.29. The highest BCUT2D eigenvalue weighted by atomic mass is 32.2. The zero-order chi connectivity index (χ0) is 17.1. The molecule has 2 aromatic rings. The van der Waals surface area contributed by atoms with Crippen LogP contribution in [0, 0.1) is 0 Å². The molecular formula is C17H17N3O3S. The van der Waals surface area contributed by atoms with Crippen LogP contribution in [0.1, 0.15) is 35.0 Å². The summed E-state index contributed by atoms with van der Waals surface area (Å²) in [7, 11) is 0. The number of Topliss-reactive ketones (excluding diaryl/α,β-unsaturated/α-hetero) is 1. The Morgan fingerprint density at radius 1 is 1.25 bits per heavy atom. The van der Waals surface area contributed by atoms with Gasteiger partial charge >= 0.3 is 0 Å². The van der Waals surface area contributed by atoms with E-state index in [9.17, 15) is 14.4 Å². The van der Waals surface area contributed by atoms with Gasteiger partial charge in [0, 0.05) is 16.8 Å². The molecular weight excluding hydrogens is 326 g/mol. The third kappa shape index (κ3) is 3.73. The molecule has 1 aromatic heterocycles. The number of ketones is 1. The van der Waals surface area contributed by atoms with E-state index >= 15 is 0 Å². The molecule has 0 atom stereocenters.